The maximum atomic E-state index is 14.0. The van der Waals surface area contributed by atoms with Crippen LogP contribution >= 0.6 is 0 Å². The van der Waals surface area contributed by atoms with E-state index in [0.717, 1.165) is 0 Å². The van der Waals surface area contributed by atoms with Crippen molar-refractivity contribution in [2.24, 2.45) is 7.05 Å². The number of esters is 1. The number of fused-ring (bicyclic) bond motifs is 3. The Hall–Kier alpha value is -7.14. The summed E-state index contributed by atoms with van der Waals surface area (Å²) in [6.45, 7) is -0.368. The van der Waals surface area contributed by atoms with Gasteiger partial charge >= 0.3 is 18.2 Å². The molecule has 26 nitrogen and oxygen atoms in total. The molecule has 4 aliphatic rings. The number of ether oxygens (including phenoxy) is 7. The number of rotatable bonds is 13. The van der Waals surface area contributed by atoms with Crippen LogP contribution < -0.4 is 15.4 Å². The number of nitrogens with zero attached hydrogens (tertiary/aromatic N) is 3. The Bertz CT molecular complexity index is 2790. The number of aliphatic hydroxyl groups excluding tert-OH is 5. The zero-order chi connectivity index (χ0) is 51.9. The van der Waals surface area contributed by atoms with Gasteiger partial charge in [0.15, 0.2) is 24.0 Å². The van der Waals surface area contributed by atoms with E-state index in [4.69, 9.17) is 33.2 Å². The van der Waals surface area contributed by atoms with Crippen molar-refractivity contribution in [3.8, 4) is 17.2 Å². The molecule has 0 saturated carbocycles. The summed E-state index contributed by atoms with van der Waals surface area (Å²) in [5.41, 5.74) is -3.64. The van der Waals surface area contributed by atoms with Crippen molar-refractivity contribution < 1.29 is 103 Å². The van der Waals surface area contributed by atoms with Crippen LogP contribution in [0.2, 0.25) is 0 Å². The highest BCUT2D eigenvalue weighted by molar-refractivity contribution is 6.31. The van der Waals surface area contributed by atoms with Crippen LogP contribution in [0.4, 0.5) is 15.3 Å². The average Bonchev–Trinajstić information content (AvgIpc) is 3.78. The first-order chi connectivity index (χ1) is 34.2. The molecule has 8 rings (SSSR count). The van der Waals surface area contributed by atoms with Gasteiger partial charge in [0.05, 0.1) is 48.2 Å². The van der Waals surface area contributed by atoms with E-state index in [-0.39, 0.29) is 59.0 Å². The van der Waals surface area contributed by atoms with E-state index in [1.54, 1.807) is 7.05 Å². The Morgan fingerprint density at radius 3 is 2.28 bits per heavy atom. The number of carbonyl (C=O) groups is 6. The van der Waals surface area contributed by atoms with Crippen molar-refractivity contribution >= 4 is 41.2 Å². The van der Waals surface area contributed by atoms with Gasteiger partial charge in [0.2, 0.25) is 12.1 Å². The number of alkyl carbamates (subject to hydrolysis) is 1. The smallest absolute Gasteiger partial charge is 0.414 e. The topological polar surface area (TPSA) is 384 Å². The SMILES string of the molecule is COc1cccc2c1C(=O)c1c(O)c3c(c(O)c1C2=O)C[C@](O)(C(=O)CO)C[C@H]3OC1CC(NC(=O)OCc2ccc(NC(=O)O[C@@H]3O[C@H](C(=O)OCc4cn(C)nn4)[C@@H](O)[C@H](O)[C@H]3O)cc2)C(O)[C@@H](C)O1. The number of phenols is 2. The van der Waals surface area contributed by atoms with Crippen molar-refractivity contribution in [2.75, 3.05) is 19.0 Å². The normalized spacial score (nSPS) is 27.6. The van der Waals surface area contributed by atoms with Gasteiger partial charge in [-0.3, -0.25) is 24.4 Å². The molecule has 0 bridgehead atoms. The van der Waals surface area contributed by atoms with Crippen LogP contribution in [0.25, 0.3) is 0 Å². The van der Waals surface area contributed by atoms with E-state index in [1.807, 2.05) is 0 Å². The molecule has 2 aliphatic heterocycles. The molecule has 26 heteroatoms. The Morgan fingerprint density at radius 2 is 1.60 bits per heavy atom. The van der Waals surface area contributed by atoms with Gasteiger partial charge in [-0.05, 0) is 30.7 Å². The summed E-state index contributed by atoms with van der Waals surface area (Å²) in [5, 5.41) is 99.4. The third-order valence-corrected chi connectivity index (χ3v) is 12.7. The standard InChI is InChI=1S/C46H49N5O21/c1-18-33(54)24(48-44(63)68-16-19-7-9-20(10-8-19)47-45(64)72-43-40(61)38(59)39(60)41(71-43)42(62)67-17-21-14-51(2)50-49-21)11-28(69-18)70-26-13-46(65,27(53)15-52)12-23-30(26)37(58)32-31(35(23)56)34(55)22-5-4-6-25(66-3)29(22)36(32)57/h4-10,14,18,24,26,28,33,38-41,43,52,54,56,58-61,65H,11-13,15-17H2,1-3H3,(H,47,64)(H,48,63)/t18-,24?,26-,28?,33?,38+,39+,40-,41+,43+,46-/m1/s1. The van der Waals surface area contributed by atoms with Crippen LogP contribution in [0.5, 0.6) is 17.2 Å². The molecule has 3 unspecified atom stereocenters. The maximum Gasteiger partial charge on any atom is 0.414 e. The molecule has 2 saturated heterocycles. The summed E-state index contributed by atoms with van der Waals surface area (Å²) in [6, 6.07) is 8.79. The summed E-state index contributed by atoms with van der Waals surface area (Å²) < 4.78 is 39.6. The number of hydrogen-bond donors (Lipinski definition) is 10. The Balaban J connectivity index is 0.892. The van der Waals surface area contributed by atoms with Gasteiger partial charge < -0.3 is 79.3 Å². The summed E-state index contributed by atoms with van der Waals surface area (Å²) >= 11 is 0. The Kier molecular flexibility index (Phi) is 14.6. The third kappa shape index (κ3) is 9.90. The van der Waals surface area contributed by atoms with E-state index < -0.39 is 145 Å². The number of aromatic hydroxyl groups is 2. The first-order valence-electron chi connectivity index (χ1n) is 22.2. The van der Waals surface area contributed by atoms with Crippen LogP contribution in [0.15, 0.2) is 48.7 Å². The molecule has 11 atom stereocenters. The van der Waals surface area contributed by atoms with Gasteiger partial charge in [0, 0.05) is 48.7 Å². The van der Waals surface area contributed by atoms with Crippen molar-refractivity contribution in [3.63, 3.8) is 0 Å². The lowest BCUT2D eigenvalue weighted by molar-refractivity contribution is -0.279. The number of aryl methyl sites for hydroxylation is 1. The third-order valence-electron chi connectivity index (χ3n) is 12.7. The molecule has 72 heavy (non-hydrogen) atoms. The lowest BCUT2D eigenvalue weighted by Gasteiger charge is -2.42. The van der Waals surface area contributed by atoms with E-state index in [0.29, 0.717) is 5.56 Å². The number of phenolic OH excluding ortho intramolecular Hbond substituents is 2. The monoisotopic (exact) mass is 1010 g/mol. The van der Waals surface area contributed by atoms with E-state index in [2.05, 4.69) is 20.9 Å². The van der Waals surface area contributed by atoms with Crippen LogP contribution in [-0.4, -0.2) is 166 Å². The van der Waals surface area contributed by atoms with Gasteiger partial charge in [-0.25, -0.2) is 14.4 Å². The first kappa shape index (κ1) is 51.2. The molecule has 2 aliphatic carbocycles. The molecule has 3 heterocycles. The first-order valence-corrected chi connectivity index (χ1v) is 22.2. The summed E-state index contributed by atoms with van der Waals surface area (Å²) in [4.78, 5) is 79.4. The van der Waals surface area contributed by atoms with Crippen LogP contribution in [0, 0.1) is 0 Å². The fourth-order valence-corrected chi connectivity index (χ4v) is 8.97. The second-order valence-corrected chi connectivity index (χ2v) is 17.4. The predicted molar refractivity (Wildman–Crippen MR) is 235 cm³/mol. The lowest BCUT2D eigenvalue weighted by atomic mass is 9.72. The highest BCUT2D eigenvalue weighted by Gasteiger charge is 2.52. The van der Waals surface area contributed by atoms with E-state index in [9.17, 15) is 69.6 Å². The molecule has 2 amide bonds. The number of ketones is 3. The number of aliphatic hydroxyl groups is 6. The number of carbonyl (C=O) groups excluding carboxylic acids is 6. The van der Waals surface area contributed by atoms with Crippen LogP contribution in [0.3, 0.4) is 0 Å². The molecule has 0 radical (unpaired) electrons. The van der Waals surface area contributed by atoms with Gasteiger partial charge in [-0.1, -0.05) is 29.5 Å². The summed E-state index contributed by atoms with van der Waals surface area (Å²) in [6.07, 6.45) is -17.4. The number of nitrogens with one attached hydrogen (secondary N) is 2. The minimum Gasteiger partial charge on any atom is -0.507 e. The predicted octanol–water partition coefficient (Wildman–Crippen LogP) is -0.803. The average molecular weight is 1010 g/mol. The van der Waals surface area contributed by atoms with E-state index in [1.165, 1.54) is 67.4 Å². The van der Waals surface area contributed by atoms with Gasteiger partial charge in [0.1, 0.15) is 72.8 Å². The molecule has 384 valence electrons. The fraction of sp³-hybridized carbons (Fsp3) is 0.435. The molecular weight excluding hydrogens is 959 g/mol. The Labute approximate surface area is 406 Å². The fourth-order valence-electron chi connectivity index (χ4n) is 8.97. The number of aromatic nitrogens is 3. The number of hydrogen-bond acceptors (Lipinski definition) is 23. The summed E-state index contributed by atoms with van der Waals surface area (Å²) in [7, 11) is 2.86. The molecule has 0 spiro atoms. The largest absolute Gasteiger partial charge is 0.507 e. The number of amides is 2. The molecular formula is C46H49N5O21. The van der Waals surface area contributed by atoms with Crippen molar-refractivity contribution in [1.82, 2.24) is 20.3 Å². The number of benzene rings is 3. The quantitative estimate of drug-likeness (QED) is 0.0392. The molecule has 2 fully saturated rings. The van der Waals surface area contributed by atoms with Crippen LogP contribution in [-0.2, 0) is 64.7 Å². The van der Waals surface area contributed by atoms with Gasteiger partial charge in [0.25, 0.3) is 0 Å². The van der Waals surface area contributed by atoms with Gasteiger partial charge in [-0.15, -0.1) is 5.10 Å². The Morgan fingerprint density at radius 1 is 0.875 bits per heavy atom. The lowest BCUT2D eigenvalue weighted by Crippen LogP contribution is -2.61. The number of Topliss-reactive ketones (excluding diaryl/α,β-unsaturated/α-hetero) is 1. The maximum absolute atomic E-state index is 14.0. The van der Waals surface area contributed by atoms with Gasteiger partial charge in [-0.2, -0.15) is 0 Å². The second kappa shape index (κ2) is 20.5. The molecule has 4 aromatic rings. The zero-order valence-corrected chi connectivity index (χ0v) is 38.4. The molecule has 3 aromatic carbocycles. The minimum atomic E-state index is -2.42. The summed E-state index contributed by atoms with van der Waals surface area (Å²) in [5.74, 6) is -5.54. The van der Waals surface area contributed by atoms with E-state index >= 15 is 0 Å². The zero-order valence-electron chi connectivity index (χ0n) is 38.4. The highest BCUT2D eigenvalue weighted by Crippen LogP contribution is 2.52. The minimum absolute atomic E-state index is 0.0182. The second-order valence-electron chi connectivity index (χ2n) is 17.4. The van der Waals surface area contributed by atoms with Crippen LogP contribution in [0.1, 0.15) is 80.1 Å². The van der Waals surface area contributed by atoms with Crippen molar-refractivity contribution in [1.29, 1.82) is 0 Å². The number of methoxy groups -OCH3 is 1. The number of anilines is 1. The molecule has 1 aromatic heterocycles. The van der Waals surface area contributed by atoms with Crippen molar-refractivity contribution in [3.05, 3.63) is 93.3 Å². The highest BCUT2D eigenvalue weighted by atomic mass is 16.7. The molecule has 10 N–H and O–H groups in total. The van der Waals surface area contributed by atoms with Crippen molar-refractivity contribution in [2.45, 2.75) is 106 Å².